The largest absolute Gasteiger partial charge is 0.361 e. The minimum atomic E-state index is -0.273. The fourth-order valence-electron chi connectivity index (χ4n) is 2.56. The molecule has 0 saturated heterocycles. The summed E-state index contributed by atoms with van der Waals surface area (Å²) in [6.07, 6.45) is 4.56. The zero-order valence-electron chi connectivity index (χ0n) is 15.5. The summed E-state index contributed by atoms with van der Waals surface area (Å²) in [5.41, 5.74) is 1.87. The van der Waals surface area contributed by atoms with Crippen molar-refractivity contribution < 1.29 is 9.32 Å². The molecule has 0 aliphatic heterocycles. The molecule has 4 aromatic rings. The van der Waals surface area contributed by atoms with Crippen LogP contribution in [-0.4, -0.2) is 26.0 Å². The average Bonchev–Trinajstić information content (AvgIpc) is 3.17. The van der Waals surface area contributed by atoms with Gasteiger partial charge in [0.1, 0.15) is 35.1 Å². The first-order chi connectivity index (χ1) is 14.2. The van der Waals surface area contributed by atoms with Crippen molar-refractivity contribution in [2.24, 2.45) is 0 Å². The van der Waals surface area contributed by atoms with Crippen LogP contribution in [0.3, 0.4) is 0 Å². The number of hydrogen-bond donors (Lipinski definition) is 3. The normalized spacial score (nSPS) is 10.4. The van der Waals surface area contributed by atoms with Crippen LogP contribution in [0.1, 0.15) is 16.1 Å². The lowest BCUT2D eigenvalue weighted by molar-refractivity contribution is 0.102. The lowest BCUT2D eigenvalue weighted by Gasteiger charge is -2.09. The Morgan fingerprint density at radius 3 is 2.34 bits per heavy atom. The van der Waals surface area contributed by atoms with E-state index in [1.54, 1.807) is 31.3 Å². The predicted octanol–water partition coefficient (Wildman–Crippen LogP) is 3.91. The molecule has 0 aliphatic carbocycles. The van der Waals surface area contributed by atoms with E-state index < -0.39 is 0 Å². The summed E-state index contributed by atoms with van der Waals surface area (Å²) in [4.78, 5) is 24.8. The number of nitrogens with one attached hydrogen (secondary N) is 3. The Labute approximate surface area is 166 Å². The molecule has 1 aromatic carbocycles. The quantitative estimate of drug-likeness (QED) is 0.456. The molecule has 1 amide bonds. The number of carbonyl (C=O) groups excluding carboxylic acids is 1. The minimum absolute atomic E-state index is 0.273. The number of hydrogen-bond acceptors (Lipinski definition) is 8. The first-order valence-electron chi connectivity index (χ1n) is 8.77. The molecule has 0 spiro atoms. The van der Waals surface area contributed by atoms with Gasteiger partial charge in [-0.25, -0.2) is 15.0 Å². The van der Waals surface area contributed by atoms with Gasteiger partial charge in [0.15, 0.2) is 0 Å². The third-order valence-electron chi connectivity index (χ3n) is 4.00. The van der Waals surface area contributed by atoms with Crippen molar-refractivity contribution in [2.45, 2.75) is 6.92 Å². The van der Waals surface area contributed by atoms with Crippen LogP contribution >= 0.6 is 0 Å². The molecule has 29 heavy (non-hydrogen) atoms. The molecule has 0 bridgehead atoms. The van der Waals surface area contributed by atoms with E-state index in [0.717, 1.165) is 5.69 Å². The molecule has 9 heteroatoms. The maximum atomic E-state index is 12.2. The van der Waals surface area contributed by atoms with E-state index >= 15 is 0 Å². The number of aryl methyl sites for hydroxylation is 1. The molecule has 0 atom stereocenters. The van der Waals surface area contributed by atoms with Crippen molar-refractivity contribution in [1.82, 2.24) is 20.1 Å². The second kappa shape index (κ2) is 8.17. The lowest BCUT2D eigenvalue weighted by atomic mass is 10.2. The smallest absolute Gasteiger partial charge is 0.260 e. The molecule has 0 radical (unpaired) electrons. The number of amides is 1. The van der Waals surface area contributed by atoms with Gasteiger partial charge in [-0.2, -0.15) is 0 Å². The highest BCUT2D eigenvalue weighted by molar-refractivity contribution is 6.04. The first-order valence-corrected chi connectivity index (χ1v) is 8.77. The average molecular weight is 387 g/mol. The monoisotopic (exact) mass is 387 g/mol. The van der Waals surface area contributed by atoms with Gasteiger partial charge in [0.2, 0.25) is 0 Å². The molecule has 0 saturated carbocycles. The van der Waals surface area contributed by atoms with Gasteiger partial charge in [-0.1, -0.05) is 11.2 Å². The lowest BCUT2D eigenvalue weighted by Crippen LogP contribution is -2.12. The Morgan fingerprint density at radius 1 is 0.897 bits per heavy atom. The molecule has 3 heterocycles. The van der Waals surface area contributed by atoms with Crippen LogP contribution in [0, 0.1) is 6.92 Å². The summed E-state index contributed by atoms with van der Waals surface area (Å²) in [6, 6.07) is 14.6. The van der Waals surface area contributed by atoms with Crippen molar-refractivity contribution in [2.75, 3.05) is 16.0 Å². The predicted molar refractivity (Wildman–Crippen MR) is 108 cm³/mol. The van der Waals surface area contributed by atoms with E-state index in [-0.39, 0.29) is 5.91 Å². The highest BCUT2D eigenvalue weighted by Crippen LogP contribution is 2.20. The molecule has 0 unspecified atom stereocenters. The van der Waals surface area contributed by atoms with Crippen molar-refractivity contribution in [3.63, 3.8) is 0 Å². The summed E-state index contributed by atoms with van der Waals surface area (Å²) in [6.45, 7) is 1.69. The second-order valence-electron chi connectivity index (χ2n) is 6.08. The molecule has 3 N–H and O–H groups in total. The molecular formula is C20H17N7O2. The number of rotatable bonds is 6. The fraction of sp³-hybridized carbons (Fsp3) is 0.0500. The van der Waals surface area contributed by atoms with Crippen LogP contribution in [0.4, 0.5) is 28.8 Å². The van der Waals surface area contributed by atoms with E-state index in [2.05, 4.69) is 36.1 Å². The van der Waals surface area contributed by atoms with E-state index in [1.165, 1.54) is 12.5 Å². The number of pyridine rings is 1. The molecule has 9 nitrogen and oxygen atoms in total. The van der Waals surface area contributed by atoms with E-state index in [9.17, 15) is 4.79 Å². The van der Waals surface area contributed by atoms with Gasteiger partial charge in [-0.3, -0.25) is 4.79 Å². The van der Waals surface area contributed by atoms with Gasteiger partial charge < -0.3 is 20.5 Å². The van der Waals surface area contributed by atoms with Gasteiger partial charge in [-0.05, 0) is 43.3 Å². The van der Waals surface area contributed by atoms with Gasteiger partial charge >= 0.3 is 0 Å². The van der Waals surface area contributed by atoms with Crippen molar-refractivity contribution in [1.29, 1.82) is 0 Å². The molecule has 0 fully saturated rings. The van der Waals surface area contributed by atoms with Crippen LogP contribution in [-0.2, 0) is 0 Å². The van der Waals surface area contributed by atoms with Crippen LogP contribution in [0.15, 0.2) is 71.8 Å². The topological polar surface area (TPSA) is 118 Å². The second-order valence-corrected chi connectivity index (χ2v) is 6.08. The third kappa shape index (κ3) is 4.53. The first kappa shape index (κ1) is 18.1. The number of aromatic nitrogens is 4. The zero-order chi connectivity index (χ0) is 20.1. The summed E-state index contributed by atoms with van der Waals surface area (Å²) >= 11 is 0. The Bertz CT molecular complexity index is 1110. The molecular weight excluding hydrogens is 370 g/mol. The molecule has 144 valence electrons. The van der Waals surface area contributed by atoms with E-state index in [4.69, 9.17) is 4.52 Å². The maximum absolute atomic E-state index is 12.2. The highest BCUT2D eigenvalue weighted by atomic mass is 16.5. The van der Waals surface area contributed by atoms with Gasteiger partial charge in [0.05, 0.1) is 6.20 Å². The van der Waals surface area contributed by atoms with E-state index in [1.807, 2.05) is 30.3 Å². The Morgan fingerprint density at radius 2 is 1.66 bits per heavy atom. The van der Waals surface area contributed by atoms with Gasteiger partial charge in [0, 0.05) is 23.6 Å². The Kier molecular flexibility index (Phi) is 5.10. The van der Waals surface area contributed by atoms with Gasteiger partial charge in [-0.15, -0.1) is 0 Å². The Balaban J connectivity index is 1.40. The summed E-state index contributed by atoms with van der Waals surface area (Å²) in [5, 5.41) is 12.7. The SMILES string of the molecule is Cc1oncc1C(=O)Nc1ccc(Nc2cc(Nc3ccccn3)ncn2)cc1. The van der Waals surface area contributed by atoms with Crippen LogP contribution in [0.5, 0.6) is 0 Å². The molecule has 3 aromatic heterocycles. The number of benzene rings is 1. The summed E-state index contributed by atoms with van der Waals surface area (Å²) in [7, 11) is 0. The number of anilines is 5. The van der Waals surface area contributed by atoms with Crippen molar-refractivity contribution >= 4 is 34.7 Å². The van der Waals surface area contributed by atoms with Crippen LogP contribution in [0.25, 0.3) is 0 Å². The number of nitrogens with zero attached hydrogens (tertiary/aromatic N) is 4. The standard InChI is InChI=1S/C20H17N7O2/c1-13-16(11-24-29-13)20(28)26-15-7-5-14(6-8-15)25-18-10-19(23-12-22-18)27-17-4-2-3-9-21-17/h2-12H,1H3,(H,26,28)(H2,21,22,23,25,27). The van der Waals surface area contributed by atoms with Crippen molar-refractivity contribution in [3.8, 4) is 0 Å². The minimum Gasteiger partial charge on any atom is -0.361 e. The van der Waals surface area contributed by atoms with Crippen LogP contribution in [0.2, 0.25) is 0 Å². The maximum Gasteiger partial charge on any atom is 0.260 e. The molecule has 4 rings (SSSR count). The molecule has 0 aliphatic rings. The summed E-state index contributed by atoms with van der Waals surface area (Å²) in [5.74, 6) is 2.13. The zero-order valence-corrected chi connectivity index (χ0v) is 15.5. The van der Waals surface area contributed by atoms with Crippen molar-refractivity contribution in [3.05, 3.63) is 78.6 Å². The number of carbonyl (C=O) groups is 1. The Hall–Kier alpha value is -4.27. The van der Waals surface area contributed by atoms with Crippen LogP contribution < -0.4 is 16.0 Å². The highest BCUT2D eigenvalue weighted by Gasteiger charge is 2.12. The fourth-order valence-corrected chi connectivity index (χ4v) is 2.56. The third-order valence-corrected chi connectivity index (χ3v) is 4.00. The van der Waals surface area contributed by atoms with E-state index in [0.29, 0.717) is 34.5 Å². The summed E-state index contributed by atoms with van der Waals surface area (Å²) < 4.78 is 4.91. The van der Waals surface area contributed by atoms with Gasteiger partial charge in [0.25, 0.3) is 5.91 Å².